The summed E-state index contributed by atoms with van der Waals surface area (Å²) in [5, 5.41) is 21.9. The second-order valence-electron chi connectivity index (χ2n) is 2.11. The summed E-state index contributed by atoms with van der Waals surface area (Å²) in [5.74, 6) is -0.955. The first-order chi connectivity index (χ1) is 5.91. The Labute approximate surface area is 74.2 Å². The molecule has 1 atom stereocenters. The molecule has 0 aromatic heterocycles. The minimum atomic E-state index is -1.50. The topological polar surface area (TPSA) is 153 Å². The molecule has 78 valence electrons. The molecular weight excluding hydrogens is 182 g/mol. The van der Waals surface area contributed by atoms with Gasteiger partial charge in [0.05, 0.1) is 0 Å². The molecule has 0 aliphatic rings. The number of rotatable bonds is 4. The molecule has 0 amide bonds. The second-order valence-corrected chi connectivity index (χ2v) is 2.11. The van der Waals surface area contributed by atoms with Gasteiger partial charge in [0.25, 0.3) is 5.09 Å². The van der Waals surface area contributed by atoms with Crippen molar-refractivity contribution < 1.29 is 20.2 Å². The van der Waals surface area contributed by atoms with E-state index >= 15 is 0 Å². The summed E-state index contributed by atoms with van der Waals surface area (Å²) >= 11 is 0. The summed E-state index contributed by atoms with van der Waals surface area (Å²) in [7, 11) is 0. The highest BCUT2D eigenvalue weighted by atomic mass is 16.9. The molecule has 0 bridgehead atoms. The number of carbonyl (C=O) groups is 1. The number of nitrogens with zero attached hydrogens (tertiary/aromatic N) is 1. The monoisotopic (exact) mass is 195 g/mol. The van der Waals surface area contributed by atoms with E-state index in [2.05, 4.69) is 0 Å². The first-order valence-corrected chi connectivity index (χ1v) is 3.43. The quantitative estimate of drug-likeness (QED) is 0.324. The van der Waals surface area contributed by atoms with Crippen LogP contribution in [0.3, 0.4) is 0 Å². The Hall–Kier alpha value is -1.41. The highest BCUT2D eigenvalue weighted by Crippen LogP contribution is 1.91. The lowest BCUT2D eigenvalue weighted by Crippen LogP contribution is -2.30. The summed E-state index contributed by atoms with van der Waals surface area (Å²) < 4.78 is 0. The van der Waals surface area contributed by atoms with Crippen LogP contribution in [0.4, 0.5) is 0 Å². The molecule has 0 unspecified atom stereocenters. The third-order valence-corrected chi connectivity index (χ3v) is 1.04. The fourth-order valence-corrected chi connectivity index (χ4v) is 0.461. The van der Waals surface area contributed by atoms with Gasteiger partial charge in [0.15, 0.2) is 0 Å². The Morgan fingerprint density at radius 1 is 1.62 bits per heavy atom. The van der Waals surface area contributed by atoms with Crippen LogP contribution in [-0.2, 0) is 4.79 Å². The van der Waals surface area contributed by atoms with Gasteiger partial charge in [0.1, 0.15) is 6.04 Å². The third-order valence-electron chi connectivity index (χ3n) is 1.04. The standard InChI is InChI=1S/C5H12N2O2.HNO3/c6-3-1-2-4(7)5(8)9;2-1(3)4/h4H,1-3,6-7H2,(H,8,9);(H,2,3,4)/t4-;/m1./s1. The van der Waals surface area contributed by atoms with Gasteiger partial charge in [-0.3, -0.25) is 4.79 Å². The fourth-order valence-electron chi connectivity index (χ4n) is 0.461. The van der Waals surface area contributed by atoms with Crippen molar-refractivity contribution in [3.05, 3.63) is 10.1 Å². The number of aliphatic carboxylic acids is 1. The molecule has 0 aromatic rings. The minimum absolute atomic E-state index is 0.464. The largest absolute Gasteiger partial charge is 0.480 e. The Bertz CT molecular complexity index is 158. The molecule has 0 spiro atoms. The Morgan fingerprint density at radius 3 is 2.23 bits per heavy atom. The number of carboxylic acid groups (broad SMARTS) is 1. The lowest BCUT2D eigenvalue weighted by atomic mass is 10.2. The van der Waals surface area contributed by atoms with Crippen LogP contribution in [0, 0.1) is 10.1 Å². The van der Waals surface area contributed by atoms with Crippen molar-refractivity contribution in [3.63, 3.8) is 0 Å². The van der Waals surface area contributed by atoms with E-state index in [1.54, 1.807) is 0 Å². The lowest BCUT2D eigenvalue weighted by Gasteiger charge is -2.02. The summed E-state index contributed by atoms with van der Waals surface area (Å²) in [6.45, 7) is 0.501. The van der Waals surface area contributed by atoms with Crippen LogP contribution < -0.4 is 11.5 Å². The van der Waals surface area contributed by atoms with E-state index in [9.17, 15) is 4.79 Å². The van der Waals surface area contributed by atoms with Crippen LogP contribution in [0.15, 0.2) is 0 Å². The first kappa shape index (κ1) is 14.1. The summed E-state index contributed by atoms with van der Waals surface area (Å²) in [5.41, 5.74) is 10.3. The summed E-state index contributed by atoms with van der Waals surface area (Å²) in [6, 6.07) is -0.742. The van der Waals surface area contributed by atoms with Crippen molar-refractivity contribution in [2.24, 2.45) is 11.5 Å². The van der Waals surface area contributed by atoms with Crippen LogP contribution in [-0.4, -0.2) is 34.0 Å². The SMILES string of the molecule is NCCC[C@@H](N)C(=O)O.O=[N+]([O-])O. The average Bonchev–Trinajstić information content (AvgIpc) is 1.98. The molecule has 0 aliphatic heterocycles. The normalized spacial score (nSPS) is 10.9. The van der Waals surface area contributed by atoms with Crippen LogP contribution in [0.1, 0.15) is 12.8 Å². The highest BCUT2D eigenvalue weighted by Gasteiger charge is 2.08. The van der Waals surface area contributed by atoms with E-state index in [0.717, 1.165) is 0 Å². The number of nitrogens with two attached hydrogens (primary N) is 2. The predicted molar refractivity (Wildman–Crippen MR) is 42.7 cm³/mol. The number of hydrogen-bond donors (Lipinski definition) is 4. The van der Waals surface area contributed by atoms with Crippen molar-refractivity contribution in [3.8, 4) is 0 Å². The molecule has 8 nitrogen and oxygen atoms in total. The highest BCUT2D eigenvalue weighted by molar-refractivity contribution is 5.72. The Morgan fingerprint density at radius 2 is 2.00 bits per heavy atom. The van der Waals surface area contributed by atoms with E-state index < -0.39 is 17.1 Å². The molecule has 0 fully saturated rings. The minimum Gasteiger partial charge on any atom is -0.480 e. The van der Waals surface area contributed by atoms with Gasteiger partial charge in [-0.05, 0) is 19.4 Å². The molecule has 0 saturated carbocycles. The molecular formula is C5H13N3O5. The van der Waals surface area contributed by atoms with E-state index in [4.69, 9.17) is 31.9 Å². The molecule has 6 N–H and O–H groups in total. The molecule has 13 heavy (non-hydrogen) atoms. The van der Waals surface area contributed by atoms with Gasteiger partial charge >= 0.3 is 5.97 Å². The zero-order valence-corrected chi connectivity index (χ0v) is 6.92. The summed E-state index contributed by atoms with van der Waals surface area (Å²) in [4.78, 5) is 18.4. The third kappa shape index (κ3) is 18.0. The van der Waals surface area contributed by atoms with Gasteiger partial charge in [-0.25, -0.2) is 0 Å². The zero-order valence-electron chi connectivity index (χ0n) is 6.92. The molecule has 0 aromatic carbocycles. The molecule has 0 aliphatic carbocycles. The van der Waals surface area contributed by atoms with Gasteiger partial charge in [-0.1, -0.05) is 0 Å². The number of carboxylic acids is 1. The summed E-state index contributed by atoms with van der Waals surface area (Å²) in [6.07, 6.45) is 1.14. The smallest absolute Gasteiger partial charge is 0.320 e. The van der Waals surface area contributed by atoms with Crippen LogP contribution in [0.25, 0.3) is 0 Å². The van der Waals surface area contributed by atoms with E-state index in [0.29, 0.717) is 19.4 Å². The molecule has 8 heteroatoms. The van der Waals surface area contributed by atoms with Gasteiger partial charge in [-0.15, -0.1) is 10.1 Å². The van der Waals surface area contributed by atoms with Crippen molar-refractivity contribution in [2.75, 3.05) is 6.54 Å². The van der Waals surface area contributed by atoms with E-state index in [1.165, 1.54) is 0 Å². The Balaban J connectivity index is 0. The fraction of sp³-hybridized carbons (Fsp3) is 0.800. The maximum atomic E-state index is 10.0. The van der Waals surface area contributed by atoms with Crippen LogP contribution >= 0.6 is 0 Å². The molecule has 0 heterocycles. The second kappa shape index (κ2) is 8.68. The first-order valence-electron chi connectivity index (χ1n) is 3.43. The van der Waals surface area contributed by atoms with E-state index in [-0.39, 0.29) is 0 Å². The number of hydrogen-bond acceptors (Lipinski definition) is 5. The van der Waals surface area contributed by atoms with Gasteiger partial charge in [-0.2, -0.15) is 0 Å². The van der Waals surface area contributed by atoms with Crippen LogP contribution in [0.5, 0.6) is 0 Å². The Kier molecular flexibility index (Phi) is 9.44. The average molecular weight is 195 g/mol. The van der Waals surface area contributed by atoms with Crippen molar-refractivity contribution in [1.29, 1.82) is 0 Å². The molecule has 0 saturated heterocycles. The van der Waals surface area contributed by atoms with Crippen LogP contribution in [0.2, 0.25) is 0 Å². The van der Waals surface area contributed by atoms with Gasteiger partial charge in [0, 0.05) is 0 Å². The van der Waals surface area contributed by atoms with Crippen molar-refractivity contribution >= 4 is 5.97 Å². The predicted octanol–water partition coefficient (Wildman–Crippen LogP) is -1.21. The molecule has 0 rings (SSSR count). The maximum absolute atomic E-state index is 10.0. The van der Waals surface area contributed by atoms with E-state index in [1.807, 2.05) is 0 Å². The van der Waals surface area contributed by atoms with Crippen molar-refractivity contribution in [1.82, 2.24) is 0 Å². The van der Waals surface area contributed by atoms with Gasteiger partial charge in [0.2, 0.25) is 0 Å². The van der Waals surface area contributed by atoms with Gasteiger partial charge < -0.3 is 21.8 Å². The van der Waals surface area contributed by atoms with Crippen molar-refractivity contribution in [2.45, 2.75) is 18.9 Å². The lowest BCUT2D eigenvalue weighted by molar-refractivity contribution is -0.742. The zero-order chi connectivity index (χ0) is 10.9. The molecule has 0 radical (unpaired) electrons. The maximum Gasteiger partial charge on any atom is 0.320 e.